The Morgan fingerprint density at radius 3 is 1.20 bits per heavy atom. The molecule has 0 unspecified atom stereocenters. The van der Waals surface area contributed by atoms with Crippen LogP contribution < -0.4 is 5.19 Å². The number of aromatic nitrogens is 3. The second kappa shape index (κ2) is 12.5. The van der Waals surface area contributed by atoms with Crippen molar-refractivity contribution < 1.29 is 13.7 Å². The molecule has 0 amide bonds. The Balaban J connectivity index is 1.31. The van der Waals surface area contributed by atoms with E-state index < -0.39 is 68.5 Å². The molecule has 3 nitrogen and oxygen atoms in total. The van der Waals surface area contributed by atoms with Crippen LogP contribution in [0, 0.1) is 0 Å². The number of benzene rings is 6. The van der Waals surface area contributed by atoms with E-state index in [1.165, 1.54) is 5.19 Å². The van der Waals surface area contributed by atoms with Gasteiger partial charge in [-0.3, -0.25) is 0 Å². The molecule has 6 aromatic carbocycles. The lowest BCUT2D eigenvalue weighted by Crippen LogP contribution is -2.37. The summed E-state index contributed by atoms with van der Waals surface area (Å²) in [5.74, 6) is -0.608. The molecule has 46 heavy (non-hydrogen) atoms. The van der Waals surface area contributed by atoms with Crippen LogP contribution in [-0.4, -0.2) is 23.0 Å². The molecule has 0 N–H and O–H groups in total. The monoisotopic (exact) mass is 619 g/mol. The lowest BCUT2D eigenvalue weighted by Gasteiger charge is -2.16. The average molecular weight is 620 g/mol. The highest BCUT2D eigenvalue weighted by Gasteiger charge is 2.16. The third kappa shape index (κ3) is 6.34. The summed E-state index contributed by atoms with van der Waals surface area (Å²) in [4.78, 5) is 13.5. The third-order valence-electron chi connectivity index (χ3n) is 7.70. The first kappa shape index (κ1) is 19.8. The van der Waals surface area contributed by atoms with Crippen LogP contribution in [0.1, 0.15) is 13.7 Å². The molecule has 0 bridgehead atoms. The minimum absolute atomic E-state index is 0.00934. The highest BCUT2D eigenvalue weighted by atomic mass is 28.3. The Kier molecular flexibility index (Phi) is 5.39. The molecule has 0 aliphatic carbocycles. The molecule has 1 heterocycles. The van der Waals surface area contributed by atoms with Gasteiger partial charge in [0, 0.05) is 16.7 Å². The van der Waals surface area contributed by atoms with Crippen LogP contribution in [0.25, 0.3) is 67.5 Å². The molecule has 0 fully saturated rings. The zero-order chi connectivity index (χ0) is 40.2. The van der Waals surface area contributed by atoms with E-state index in [1.54, 1.807) is 12.1 Å². The quantitative estimate of drug-likeness (QED) is 0.167. The molecule has 0 saturated carbocycles. The Hall–Kier alpha value is -5.45. The van der Waals surface area contributed by atoms with E-state index in [0.717, 1.165) is 33.4 Å². The predicted octanol–water partition coefficient (Wildman–Crippen LogP) is 10.4. The fourth-order valence-corrected chi connectivity index (χ4v) is 6.35. The van der Waals surface area contributed by atoms with Crippen molar-refractivity contribution in [3.05, 3.63) is 157 Å². The van der Waals surface area contributed by atoms with Gasteiger partial charge in [-0.25, -0.2) is 15.0 Å². The summed E-state index contributed by atoms with van der Waals surface area (Å²) >= 11 is 0. The van der Waals surface area contributed by atoms with Crippen molar-refractivity contribution in [1.82, 2.24) is 15.0 Å². The van der Waals surface area contributed by atoms with Gasteiger partial charge in [-0.1, -0.05) is 170 Å². The smallest absolute Gasteiger partial charge is 0.164 e. The Morgan fingerprint density at radius 1 is 0.391 bits per heavy atom. The SMILES string of the molecule is [2H]c1c([2H])c([2H])c(-c2nc(-c3cccc(-c4cccc(-c5ccc(-c6ccc([Si](C)(C)C)cc6)cc5)c4)c3)nc(-c3c([2H])c([2H])c([2H])c([2H])c3[2H])n2)c([2H])c1[2H]. The standard InChI is InChI=1S/C42H35N3Si/c1-46(2,3)39-26-24-31(25-27-39)30-20-22-32(23-21-30)35-16-10-17-36(28-35)37-18-11-19-38(29-37)42-44-40(33-12-6-4-7-13-33)43-41(45-42)34-14-8-5-9-15-34/h4-29H,1-3H3/i4D,5D,6D,7D,8D,9D,12D,13D,14D,15D. The van der Waals surface area contributed by atoms with Crippen molar-refractivity contribution >= 4 is 13.3 Å². The fourth-order valence-electron chi connectivity index (χ4n) is 5.19. The molecular formula is C42H35N3Si. The van der Waals surface area contributed by atoms with Crippen LogP contribution in [0.3, 0.4) is 0 Å². The van der Waals surface area contributed by atoms with Gasteiger partial charge >= 0.3 is 0 Å². The minimum atomic E-state index is -1.39. The van der Waals surface area contributed by atoms with Crippen LogP contribution in [0.4, 0.5) is 0 Å². The number of rotatable bonds is 7. The molecule has 0 spiro atoms. The molecule has 0 atom stereocenters. The first-order chi connectivity index (χ1) is 26.5. The fraction of sp³-hybridized carbons (Fsp3) is 0.0714. The van der Waals surface area contributed by atoms with Gasteiger partial charge in [-0.05, 0) is 45.5 Å². The highest BCUT2D eigenvalue weighted by molar-refractivity contribution is 6.88. The number of nitrogens with zero attached hydrogens (tertiary/aromatic N) is 3. The maximum absolute atomic E-state index is 8.59. The van der Waals surface area contributed by atoms with E-state index in [9.17, 15) is 0 Å². The van der Waals surface area contributed by atoms with Crippen molar-refractivity contribution in [3.8, 4) is 67.5 Å². The van der Waals surface area contributed by atoms with Crippen molar-refractivity contribution in [1.29, 1.82) is 0 Å². The Morgan fingerprint density at radius 2 is 0.739 bits per heavy atom. The molecular weight excluding hydrogens is 575 g/mol. The zero-order valence-electron chi connectivity index (χ0n) is 35.6. The second-order valence-electron chi connectivity index (χ2n) is 11.9. The van der Waals surface area contributed by atoms with E-state index in [2.05, 4.69) is 89.2 Å². The van der Waals surface area contributed by atoms with E-state index >= 15 is 0 Å². The molecule has 7 rings (SSSR count). The third-order valence-corrected chi connectivity index (χ3v) is 9.77. The van der Waals surface area contributed by atoms with Crippen molar-refractivity contribution in [3.63, 3.8) is 0 Å². The van der Waals surface area contributed by atoms with Gasteiger partial charge in [0.1, 0.15) is 0 Å². The second-order valence-corrected chi connectivity index (χ2v) is 16.9. The lowest BCUT2D eigenvalue weighted by atomic mass is 9.96. The van der Waals surface area contributed by atoms with Gasteiger partial charge in [0.25, 0.3) is 0 Å². The molecule has 222 valence electrons. The molecule has 0 aliphatic heterocycles. The summed E-state index contributed by atoms with van der Waals surface area (Å²) in [6.07, 6.45) is 0. The van der Waals surface area contributed by atoms with Crippen LogP contribution in [-0.2, 0) is 0 Å². The summed E-state index contributed by atoms with van der Waals surface area (Å²) in [5.41, 5.74) is 5.85. The van der Waals surface area contributed by atoms with Crippen molar-refractivity contribution in [2.75, 3.05) is 0 Å². The topological polar surface area (TPSA) is 38.7 Å². The minimum Gasteiger partial charge on any atom is -0.208 e. The first-order valence-electron chi connectivity index (χ1n) is 19.9. The summed E-state index contributed by atoms with van der Waals surface area (Å²) < 4.78 is 83.5. The highest BCUT2D eigenvalue weighted by Crippen LogP contribution is 2.31. The first-order valence-corrected chi connectivity index (χ1v) is 18.4. The van der Waals surface area contributed by atoms with E-state index in [-0.39, 0.29) is 28.6 Å². The van der Waals surface area contributed by atoms with Crippen LogP contribution in [0.5, 0.6) is 0 Å². The van der Waals surface area contributed by atoms with Crippen LogP contribution in [0.2, 0.25) is 19.6 Å². The van der Waals surface area contributed by atoms with Gasteiger partial charge in [-0.2, -0.15) is 0 Å². The molecule has 0 aliphatic rings. The molecule has 7 aromatic rings. The van der Waals surface area contributed by atoms with E-state index in [1.807, 2.05) is 30.3 Å². The molecule has 0 saturated heterocycles. The maximum Gasteiger partial charge on any atom is 0.164 e. The summed E-state index contributed by atoms with van der Waals surface area (Å²) in [5, 5.41) is 1.42. The van der Waals surface area contributed by atoms with E-state index in [0.29, 0.717) is 5.56 Å². The number of hydrogen-bond donors (Lipinski definition) is 0. The predicted molar refractivity (Wildman–Crippen MR) is 195 cm³/mol. The van der Waals surface area contributed by atoms with Crippen LogP contribution in [0.15, 0.2) is 157 Å². The molecule has 1 aromatic heterocycles. The molecule has 4 heteroatoms. The maximum atomic E-state index is 8.59. The Bertz CT molecular complexity index is 2530. The summed E-state index contributed by atoms with van der Waals surface area (Å²) in [6.45, 7) is 7.01. The van der Waals surface area contributed by atoms with Gasteiger partial charge in [-0.15, -0.1) is 0 Å². The van der Waals surface area contributed by atoms with Gasteiger partial charge in [0.2, 0.25) is 0 Å². The average Bonchev–Trinajstić information content (AvgIpc) is 3.20. The zero-order valence-corrected chi connectivity index (χ0v) is 26.6. The molecule has 0 radical (unpaired) electrons. The summed E-state index contributed by atoms with van der Waals surface area (Å²) in [7, 11) is -1.39. The van der Waals surface area contributed by atoms with E-state index in [4.69, 9.17) is 13.7 Å². The van der Waals surface area contributed by atoms with Crippen molar-refractivity contribution in [2.45, 2.75) is 19.6 Å². The van der Waals surface area contributed by atoms with Crippen molar-refractivity contribution in [2.24, 2.45) is 0 Å². The normalized spacial score (nSPS) is 14.4. The summed E-state index contributed by atoms with van der Waals surface area (Å²) in [6, 6.07) is 26.8. The Labute approximate surface area is 286 Å². The van der Waals surface area contributed by atoms with Crippen LogP contribution >= 0.6 is 0 Å². The largest absolute Gasteiger partial charge is 0.208 e. The van der Waals surface area contributed by atoms with Gasteiger partial charge < -0.3 is 0 Å². The lowest BCUT2D eigenvalue weighted by molar-refractivity contribution is 1.07. The number of hydrogen-bond acceptors (Lipinski definition) is 3. The van der Waals surface area contributed by atoms with Gasteiger partial charge in [0.15, 0.2) is 17.5 Å². The van der Waals surface area contributed by atoms with Gasteiger partial charge in [0.05, 0.1) is 21.8 Å².